The second-order valence-corrected chi connectivity index (χ2v) is 5.16. The van der Waals surface area contributed by atoms with Gasteiger partial charge in [-0.25, -0.2) is 4.39 Å². The lowest BCUT2D eigenvalue weighted by atomic mass is 10.1. The van der Waals surface area contributed by atoms with Crippen LogP contribution in [0.4, 0.5) is 4.39 Å². The second kappa shape index (κ2) is 7.20. The number of morpholine rings is 1. The summed E-state index contributed by atoms with van der Waals surface area (Å²) < 4.78 is 18.7. The van der Waals surface area contributed by atoms with E-state index < -0.39 is 0 Å². The van der Waals surface area contributed by atoms with Crippen molar-refractivity contribution in [2.75, 3.05) is 32.8 Å². The monoisotopic (exact) mass is 286 g/mol. The zero-order valence-electron chi connectivity index (χ0n) is 11.2. The average Bonchev–Trinajstić information content (AvgIpc) is 2.42. The van der Waals surface area contributed by atoms with Gasteiger partial charge in [0.05, 0.1) is 18.2 Å². The molecule has 2 rings (SSSR count). The first-order valence-corrected chi connectivity index (χ1v) is 7.05. The van der Waals surface area contributed by atoms with Crippen LogP contribution < -0.4 is 5.32 Å². The molecule has 0 aliphatic carbocycles. The van der Waals surface area contributed by atoms with Gasteiger partial charge in [0, 0.05) is 25.7 Å². The van der Waals surface area contributed by atoms with Crippen LogP contribution in [-0.4, -0.2) is 43.8 Å². The number of nitrogens with zero attached hydrogens (tertiary/aromatic N) is 1. The summed E-state index contributed by atoms with van der Waals surface area (Å²) in [5, 5.41) is 3.54. The smallest absolute Gasteiger partial charge is 0.141 e. The summed E-state index contributed by atoms with van der Waals surface area (Å²) in [4.78, 5) is 2.36. The molecule has 0 bridgehead atoms. The normalized spacial score (nSPS) is 20.7. The molecule has 1 fully saturated rings. The highest BCUT2D eigenvalue weighted by Gasteiger charge is 2.22. The molecule has 19 heavy (non-hydrogen) atoms. The van der Waals surface area contributed by atoms with E-state index in [1.54, 1.807) is 12.1 Å². The van der Waals surface area contributed by atoms with Gasteiger partial charge in [-0.3, -0.25) is 4.90 Å². The lowest BCUT2D eigenvalue weighted by Gasteiger charge is -2.35. The van der Waals surface area contributed by atoms with Crippen LogP contribution in [0.25, 0.3) is 0 Å². The fourth-order valence-electron chi connectivity index (χ4n) is 2.27. The van der Waals surface area contributed by atoms with Crippen molar-refractivity contribution in [1.82, 2.24) is 10.2 Å². The molecular formula is C14H20ClFN2O. The van der Waals surface area contributed by atoms with Gasteiger partial charge >= 0.3 is 0 Å². The molecule has 1 heterocycles. The van der Waals surface area contributed by atoms with Gasteiger partial charge < -0.3 is 10.1 Å². The standard InChI is InChI=1S/C14H20ClFN2O/c1-2-17-8-12-10-19-6-5-18(12)9-11-3-4-14(16)13(15)7-11/h3-4,7,12,17H,2,5-6,8-10H2,1H3. The molecule has 1 saturated heterocycles. The number of rotatable bonds is 5. The topological polar surface area (TPSA) is 24.5 Å². The van der Waals surface area contributed by atoms with Crippen molar-refractivity contribution < 1.29 is 9.13 Å². The van der Waals surface area contributed by atoms with Gasteiger partial charge in [-0.05, 0) is 24.2 Å². The SMILES string of the molecule is CCNCC1COCCN1Cc1ccc(F)c(Cl)c1. The predicted molar refractivity (Wildman–Crippen MR) is 75.0 cm³/mol. The number of hydrogen-bond acceptors (Lipinski definition) is 3. The third-order valence-electron chi connectivity index (χ3n) is 3.35. The van der Waals surface area contributed by atoms with E-state index in [0.29, 0.717) is 6.04 Å². The highest BCUT2D eigenvalue weighted by atomic mass is 35.5. The summed E-state index contributed by atoms with van der Waals surface area (Å²) >= 11 is 5.82. The van der Waals surface area contributed by atoms with Crippen molar-refractivity contribution in [3.05, 3.63) is 34.6 Å². The van der Waals surface area contributed by atoms with E-state index in [1.165, 1.54) is 6.07 Å². The van der Waals surface area contributed by atoms with E-state index in [1.807, 2.05) is 0 Å². The molecule has 1 aliphatic rings. The average molecular weight is 287 g/mol. The zero-order valence-corrected chi connectivity index (χ0v) is 11.9. The minimum Gasteiger partial charge on any atom is -0.378 e. The first-order chi connectivity index (χ1) is 9.20. The summed E-state index contributed by atoms with van der Waals surface area (Å²) in [5.74, 6) is -0.364. The van der Waals surface area contributed by atoms with Crippen LogP contribution in [-0.2, 0) is 11.3 Å². The van der Waals surface area contributed by atoms with Crippen molar-refractivity contribution in [2.45, 2.75) is 19.5 Å². The van der Waals surface area contributed by atoms with Gasteiger partial charge in [-0.2, -0.15) is 0 Å². The third kappa shape index (κ3) is 4.14. The quantitative estimate of drug-likeness (QED) is 0.899. The number of ether oxygens (including phenoxy) is 1. The molecule has 0 amide bonds. The Kier molecular flexibility index (Phi) is 5.58. The Morgan fingerprint density at radius 3 is 3.11 bits per heavy atom. The largest absolute Gasteiger partial charge is 0.378 e. The minimum absolute atomic E-state index is 0.189. The van der Waals surface area contributed by atoms with Crippen molar-refractivity contribution in [2.24, 2.45) is 0 Å². The summed E-state index contributed by atoms with van der Waals surface area (Å²) in [6.07, 6.45) is 0. The fourth-order valence-corrected chi connectivity index (χ4v) is 2.47. The van der Waals surface area contributed by atoms with Crippen molar-refractivity contribution in [1.29, 1.82) is 0 Å². The maximum absolute atomic E-state index is 13.1. The lowest BCUT2D eigenvalue weighted by molar-refractivity contribution is -0.0107. The molecule has 106 valence electrons. The van der Waals surface area contributed by atoms with Gasteiger partial charge in [-0.15, -0.1) is 0 Å². The molecular weight excluding hydrogens is 267 g/mol. The third-order valence-corrected chi connectivity index (χ3v) is 3.64. The van der Waals surface area contributed by atoms with Crippen molar-refractivity contribution in [3.8, 4) is 0 Å². The van der Waals surface area contributed by atoms with Crippen LogP contribution in [0.2, 0.25) is 5.02 Å². The molecule has 1 unspecified atom stereocenters. The van der Waals surface area contributed by atoms with Crippen LogP contribution in [0, 0.1) is 5.82 Å². The molecule has 3 nitrogen and oxygen atoms in total. The minimum atomic E-state index is -0.364. The number of halogens is 2. The molecule has 5 heteroatoms. The first kappa shape index (κ1) is 14.7. The summed E-state index contributed by atoms with van der Waals surface area (Å²) in [5.41, 5.74) is 1.04. The van der Waals surface area contributed by atoms with Crippen LogP contribution >= 0.6 is 11.6 Å². The number of benzene rings is 1. The Balaban J connectivity index is 1.99. The van der Waals surface area contributed by atoms with Crippen LogP contribution in [0.1, 0.15) is 12.5 Å². The number of hydrogen-bond donors (Lipinski definition) is 1. The maximum atomic E-state index is 13.1. The van der Waals surface area contributed by atoms with E-state index in [2.05, 4.69) is 17.1 Å². The van der Waals surface area contributed by atoms with E-state index in [9.17, 15) is 4.39 Å². The molecule has 0 saturated carbocycles. The van der Waals surface area contributed by atoms with E-state index >= 15 is 0 Å². The Morgan fingerprint density at radius 2 is 2.37 bits per heavy atom. The molecule has 0 spiro atoms. The van der Waals surface area contributed by atoms with Gasteiger partial charge in [0.25, 0.3) is 0 Å². The Morgan fingerprint density at radius 1 is 1.53 bits per heavy atom. The Hall–Kier alpha value is -0.680. The predicted octanol–water partition coefficient (Wildman–Crippen LogP) is 2.29. The highest BCUT2D eigenvalue weighted by molar-refractivity contribution is 6.30. The van der Waals surface area contributed by atoms with Crippen LogP contribution in [0.5, 0.6) is 0 Å². The first-order valence-electron chi connectivity index (χ1n) is 6.67. The molecule has 1 aromatic carbocycles. The summed E-state index contributed by atoms with van der Waals surface area (Å²) in [6.45, 7) is 7.11. The van der Waals surface area contributed by atoms with Gasteiger partial charge in [0.2, 0.25) is 0 Å². The Bertz CT molecular complexity index is 416. The van der Waals surface area contributed by atoms with E-state index in [-0.39, 0.29) is 10.8 Å². The Labute approximate surface area is 118 Å². The maximum Gasteiger partial charge on any atom is 0.141 e. The number of nitrogens with one attached hydrogen (secondary N) is 1. The molecule has 0 radical (unpaired) electrons. The zero-order chi connectivity index (χ0) is 13.7. The molecule has 1 atom stereocenters. The molecule has 1 N–H and O–H groups in total. The highest BCUT2D eigenvalue weighted by Crippen LogP contribution is 2.19. The van der Waals surface area contributed by atoms with Crippen molar-refractivity contribution in [3.63, 3.8) is 0 Å². The van der Waals surface area contributed by atoms with Crippen molar-refractivity contribution >= 4 is 11.6 Å². The lowest BCUT2D eigenvalue weighted by Crippen LogP contribution is -2.49. The van der Waals surface area contributed by atoms with E-state index in [4.69, 9.17) is 16.3 Å². The fraction of sp³-hybridized carbons (Fsp3) is 0.571. The number of likely N-dealkylation sites (N-methyl/N-ethyl adjacent to an activating group) is 1. The molecule has 0 aromatic heterocycles. The van der Waals surface area contributed by atoms with Gasteiger partial charge in [0.1, 0.15) is 5.82 Å². The summed E-state index contributed by atoms with van der Waals surface area (Å²) in [6, 6.07) is 5.28. The van der Waals surface area contributed by atoms with Gasteiger partial charge in [0.15, 0.2) is 0 Å². The molecule has 1 aliphatic heterocycles. The van der Waals surface area contributed by atoms with E-state index in [0.717, 1.165) is 45.0 Å². The van der Waals surface area contributed by atoms with Crippen LogP contribution in [0.3, 0.4) is 0 Å². The summed E-state index contributed by atoms with van der Waals surface area (Å²) in [7, 11) is 0. The van der Waals surface area contributed by atoms with Gasteiger partial charge in [-0.1, -0.05) is 24.6 Å². The second-order valence-electron chi connectivity index (χ2n) is 4.76. The molecule has 1 aromatic rings. The van der Waals surface area contributed by atoms with Crippen LogP contribution in [0.15, 0.2) is 18.2 Å².